The zero-order chi connectivity index (χ0) is 20.1. The van der Waals surface area contributed by atoms with Crippen LogP contribution < -0.4 is 19.5 Å². The summed E-state index contributed by atoms with van der Waals surface area (Å²) in [6.07, 6.45) is 0. The summed E-state index contributed by atoms with van der Waals surface area (Å²) in [6.45, 7) is 4.15. The molecule has 146 valence electrons. The van der Waals surface area contributed by atoms with Crippen LogP contribution >= 0.6 is 11.3 Å². The number of anilines is 1. The Morgan fingerprint density at radius 3 is 2.25 bits per heavy atom. The molecule has 0 atom stereocenters. The Hall–Kier alpha value is -3.06. The van der Waals surface area contributed by atoms with Crippen molar-refractivity contribution in [3.05, 3.63) is 63.6 Å². The summed E-state index contributed by atoms with van der Waals surface area (Å²) >= 11 is 1.32. The molecule has 1 N–H and O–H groups in total. The maximum Gasteiger partial charge on any atom is 0.267 e. The van der Waals surface area contributed by atoms with Crippen LogP contribution in [0.5, 0.6) is 17.2 Å². The Morgan fingerprint density at radius 1 is 1.00 bits per heavy atom. The molecule has 1 amide bonds. The molecule has 0 saturated carbocycles. The smallest absolute Gasteiger partial charge is 0.267 e. The minimum Gasteiger partial charge on any atom is -0.497 e. The van der Waals surface area contributed by atoms with E-state index < -0.39 is 0 Å². The lowest BCUT2D eigenvalue weighted by Gasteiger charge is -2.09. The molecule has 0 bridgehead atoms. The fourth-order valence-corrected chi connectivity index (χ4v) is 3.44. The van der Waals surface area contributed by atoms with Crippen LogP contribution in [0, 0.1) is 13.8 Å². The van der Waals surface area contributed by atoms with Gasteiger partial charge in [-0.2, -0.15) is 0 Å². The molecule has 7 heteroatoms. The predicted octanol–water partition coefficient (Wildman–Crippen LogP) is 4.61. The van der Waals surface area contributed by atoms with Gasteiger partial charge in [0.05, 0.1) is 19.9 Å². The molecular weight excluding hydrogens is 376 g/mol. The molecule has 3 aromatic rings. The van der Waals surface area contributed by atoms with Crippen molar-refractivity contribution in [2.75, 3.05) is 19.5 Å². The molecule has 1 heterocycles. The maximum atomic E-state index is 12.7. The van der Waals surface area contributed by atoms with E-state index in [1.807, 2.05) is 38.1 Å². The summed E-state index contributed by atoms with van der Waals surface area (Å²) in [7, 11) is 3.13. The van der Waals surface area contributed by atoms with Crippen molar-refractivity contribution >= 4 is 22.9 Å². The van der Waals surface area contributed by atoms with Crippen LogP contribution in [0.4, 0.5) is 5.69 Å². The first-order valence-electron chi connectivity index (χ1n) is 8.68. The van der Waals surface area contributed by atoms with Gasteiger partial charge in [-0.25, -0.2) is 4.98 Å². The number of methoxy groups -OCH3 is 2. The van der Waals surface area contributed by atoms with Crippen molar-refractivity contribution in [2.24, 2.45) is 0 Å². The lowest BCUT2D eigenvalue weighted by atomic mass is 10.2. The topological polar surface area (TPSA) is 69.7 Å². The highest BCUT2D eigenvalue weighted by atomic mass is 32.1. The number of rotatable bonds is 7. The average Bonchev–Trinajstić information content (AvgIpc) is 3.08. The van der Waals surface area contributed by atoms with E-state index in [1.54, 1.807) is 32.4 Å². The summed E-state index contributed by atoms with van der Waals surface area (Å²) in [6, 6.07) is 13.0. The number of hydrogen-bond donors (Lipinski definition) is 1. The Balaban J connectivity index is 1.70. The van der Waals surface area contributed by atoms with Gasteiger partial charge in [0.15, 0.2) is 0 Å². The largest absolute Gasteiger partial charge is 0.497 e. The van der Waals surface area contributed by atoms with Gasteiger partial charge in [-0.05, 0) is 26.0 Å². The van der Waals surface area contributed by atoms with Crippen LogP contribution in [-0.4, -0.2) is 25.1 Å². The molecule has 0 unspecified atom stereocenters. The van der Waals surface area contributed by atoms with Gasteiger partial charge < -0.3 is 19.5 Å². The SMILES string of the molecule is COc1cc(NC(=O)c2sc(COc3ccc(C)cc3)nc2C)cc(OC)c1. The van der Waals surface area contributed by atoms with Crippen LogP contribution in [-0.2, 0) is 6.61 Å². The normalized spacial score (nSPS) is 10.4. The molecule has 1 aromatic heterocycles. The Morgan fingerprint density at radius 2 is 1.64 bits per heavy atom. The third-order valence-electron chi connectivity index (χ3n) is 4.04. The van der Waals surface area contributed by atoms with Gasteiger partial charge in [-0.3, -0.25) is 4.79 Å². The van der Waals surface area contributed by atoms with E-state index in [-0.39, 0.29) is 5.91 Å². The summed E-state index contributed by atoms with van der Waals surface area (Å²) < 4.78 is 16.2. The first-order chi connectivity index (χ1) is 13.5. The zero-order valence-corrected chi connectivity index (χ0v) is 17.1. The quantitative estimate of drug-likeness (QED) is 0.629. The standard InChI is InChI=1S/C21H22N2O4S/c1-13-5-7-16(8-6-13)27-12-19-22-14(2)20(28-19)21(24)23-15-9-17(25-3)11-18(10-15)26-4/h5-11H,12H2,1-4H3,(H,23,24). The van der Waals surface area contributed by atoms with Crippen LogP contribution in [0.15, 0.2) is 42.5 Å². The Kier molecular flexibility index (Phi) is 6.16. The number of hydrogen-bond acceptors (Lipinski definition) is 6. The molecular formula is C21H22N2O4S. The highest BCUT2D eigenvalue weighted by Gasteiger charge is 2.16. The Bertz CT molecular complexity index is 945. The average molecular weight is 398 g/mol. The van der Waals surface area contributed by atoms with Crippen molar-refractivity contribution in [3.8, 4) is 17.2 Å². The molecule has 6 nitrogen and oxygen atoms in total. The van der Waals surface area contributed by atoms with Gasteiger partial charge in [-0.1, -0.05) is 17.7 Å². The number of nitrogens with one attached hydrogen (secondary N) is 1. The van der Waals surface area contributed by atoms with Gasteiger partial charge in [0.25, 0.3) is 5.91 Å². The van der Waals surface area contributed by atoms with E-state index >= 15 is 0 Å². The number of benzene rings is 2. The van der Waals surface area contributed by atoms with Crippen LogP contribution in [0.25, 0.3) is 0 Å². The highest BCUT2D eigenvalue weighted by Crippen LogP contribution is 2.27. The lowest BCUT2D eigenvalue weighted by Crippen LogP contribution is -2.11. The second-order valence-electron chi connectivity index (χ2n) is 6.18. The molecule has 2 aromatic carbocycles. The van der Waals surface area contributed by atoms with E-state index in [1.165, 1.54) is 16.9 Å². The van der Waals surface area contributed by atoms with Crippen LogP contribution in [0.1, 0.15) is 25.9 Å². The molecule has 0 aliphatic heterocycles. The summed E-state index contributed by atoms with van der Waals surface area (Å²) in [5, 5.41) is 3.61. The number of carbonyl (C=O) groups is 1. The molecule has 0 spiro atoms. The highest BCUT2D eigenvalue weighted by molar-refractivity contribution is 7.13. The van der Waals surface area contributed by atoms with Gasteiger partial charge in [0.1, 0.15) is 33.7 Å². The molecule has 0 aliphatic carbocycles. The van der Waals surface area contributed by atoms with Gasteiger partial charge in [0, 0.05) is 23.9 Å². The van der Waals surface area contributed by atoms with Gasteiger partial charge in [-0.15, -0.1) is 11.3 Å². The summed E-state index contributed by atoms with van der Waals surface area (Å²) in [5.74, 6) is 1.74. The fourth-order valence-electron chi connectivity index (χ4n) is 2.57. The third kappa shape index (κ3) is 4.80. The molecule has 0 aliphatic rings. The summed E-state index contributed by atoms with van der Waals surface area (Å²) in [5.41, 5.74) is 2.43. The predicted molar refractivity (Wildman–Crippen MR) is 110 cm³/mol. The van der Waals surface area contributed by atoms with Crippen molar-refractivity contribution in [2.45, 2.75) is 20.5 Å². The number of aryl methyl sites for hydroxylation is 2. The van der Waals surface area contributed by atoms with Crippen molar-refractivity contribution in [3.63, 3.8) is 0 Å². The number of thiazole rings is 1. The number of ether oxygens (including phenoxy) is 3. The number of carbonyl (C=O) groups excluding carboxylic acids is 1. The zero-order valence-electron chi connectivity index (χ0n) is 16.2. The molecule has 0 radical (unpaired) electrons. The summed E-state index contributed by atoms with van der Waals surface area (Å²) in [4.78, 5) is 17.7. The van der Waals surface area contributed by atoms with E-state index in [4.69, 9.17) is 14.2 Å². The lowest BCUT2D eigenvalue weighted by molar-refractivity contribution is 0.103. The van der Waals surface area contributed by atoms with E-state index in [9.17, 15) is 4.79 Å². The first kappa shape index (κ1) is 19.7. The molecule has 0 saturated heterocycles. The minimum absolute atomic E-state index is 0.230. The van der Waals surface area contributed by atoms with Crippen molar-refractivity contribution < 1.29 is 19.0 Å². The van der Waals surface area contributed by atoms with E-state index in [0.29, 0.717) is 34.4 Å². The van der Waals surface area contributed by atoms with Crippen LogP contribution in [0.2, 0.25) is 0 Å². The third-order valence-corrected chi connectivity index (χ3v) is 5.17. The monoisotopic (exact) mass is 398 g/mol. The number of aromatic nitrogens is 1. The Labute approximate surface area is 168 Å². The second kappa shape index (κ2) is 8.75. The van der Waals surface area contributed by atoms with E-state index in [0.717, 1.165) is 10.8 Å². The van der Waals surface area contributed by atoms with Crippen LogP contribution in [0.3, 0.4) is 0 Å². The molecule has 3 rings (SSSR count). The first-order valence-corrected chi connectivity index (χ1v) is 9.50. The van der Waals surface area contributed by atoms with Gasteiger partial charge in [0.2, 0.25) is 0 Å². The number of amides is 1. The van der Waals surface area contributed by atoms with E-state index in [2.05, 4.69) is 10.3 Å². The number of nitrogens with zero attached hydrogens (tertiary/aromatic N) is 1. The molecule has 28 heavy (non-hydrogen) atoms. The molecule has 0 fully saturated rings. The van der Waals surface area contributed by atoms with Crippen molar-refractivity contribution in [1.82, 2.24) is 4.98 Å². The maximum absolute atomic E-state index is 12.7. The second-order valence-corrected chi connectivity index (χ2v) is 7.26. The fraction of sp³-hybridized carbons (Fsp3) is 0.238. The van der Waals surface area contributed by atoms with Crippen molar-refractivity contribution in [1.29, 1.82) is 0 Å². The van der Waals surface area contributed by atoms with Gasteiger partial charge >= 0.3 is 0 Å². The minimum atomic E-state index is -0.230.